The lowest BCUT2D eigenvalue weighted by Crippen LogP contribution is -2.23. The normalized spacial score (nSPS) is 17.5. The molecule has 0 amide bonds. The highest BCUT2D eigenvalue weighted by Gasteiger charge is 2.28. The first kappa shape index (κ1) is 18.0. The summed E-state index contributed by atoms with van der Waals surface area (Å²) in [5.74, 6) is 1.55. The summed E-state index contributed by atoms with van der Waals surface area (Å²) in [6, 6.07) is 2.35. The smallest absolute Gasteiger partial charge is 0.211 e. The number of aromatic nitrogens is 6. The van der Waals surface area contributed by atoms with Crippen LogP contribution in [0.1, 0.15) is 47.9 Å². The van der Waals surface area contributed by atoms with Crippen LogP contribution in [-0.4, -0.2) is 41.4 Å². The molecule has 0 aromatic carbocycles. The molecule has 0 saturated carbocycles. The van der Waals surface area contributed by atoms with Gasteiger partial charge in [0.1, 0.15) is 16.6 Å². The van der Waals surface area contributed by atoms with Crippen LogP contribution in [0.25, 0.3) is 0 Å². The van der Waals surface area contributed by atoms with E-state index in [4.69, 9.17) is 4.98 Å². The Labute approximate surface area is 162 Å². The Morgan fingerprint density at radius 3 is 2.93 bits per heavy atom. The number of anilines is 2. The van der Waals surface area contributed by atoms with Gasteiger partial charge in [0.15, 0.2) is 0 Å². The van der Waals surface area contributed by atoms with E-state index < -0.39 is 0 Å². The third-order valence-corrected chi connectivity index (χ3v) is 5.69. The average Bonchev–Trinajstić information content (AvgIpc) is 3.36. The number of nitrogens with zero attached hydrogens (tertiary/aromatic N) is 7. The van der Waals surface area contributed by atoms with Crippen LogP contribution in [0, 0.1) is 6.92 Å². The van der Waals surface area contributed by atoms with Gasteiger partial charge in [0.2, 0.25) is 5.13 Å². The molecule has 9 heteroatoms. The van der Waals surface area contributed by atoms with E-state index in [9.17, 15) is 0 Å². The van der Waals surface area contributed by atoms with E-state index in [1.807, 2.05) is 30.9 Å². The van der Waals surface area contributed by atoms with Gasteiger partial charge < -0.3 is 5.32 Å². The second-order valence-electron chi connectivity index (χ2n) is 6.86. The van der Waals surface area contributed by atoms with Crippen molar-refractivity contribution in [3.8, 4) is 0 Å². The summed E-state index contributed by atoms with van der Waals surface area (Å²) >= 11 is 1.56. The van der Waals surface area contributed by atoms with Crippen LogP contribution in [0.3, 0.4) is 0 Å². The van der Waals surface area contributed by atoms with Crippen molar-refractivity contribution in [1.82, 2.24) is 34.8 Å². The molecule has 3 aromatic rings. The highest BCUT2D eigenvalue weighted by atomic mass is 32.1. The Balaban J connectivity index is 1.54. The molecule has 142 valence electrons. The third kappa shape index (κ3) is 4.14. The van der Waals surface area contributed by atoms with E-state index in [1.54, 1.807) is 11.3 Å². The number of hydrogen-bond donors (Lipinski definition) is 1. The van der Waals surface area contributed by atoms with Crippen LogP contribution in [0.4, 0.5) is 10.9 Å². The van der Waals surface area contributed by atoms with Crippen LogP contribution in [0.5, 0.6) is 0 Å². The molecule has 1 atom stereocenters. The Morgan fingerprint density at radius 1 is 1.30 bits per heavy atom. The number of aryl methyl sites for hydroxylation is 3. The van der Waals surface area contributed by atoms with Gasteiger partial charge in [0, 0.05) is 31.4 Å². The minimum absolute atomic E-state index is 0.299. The molecule has 1 unspecified atom stereocenters. The van der Waals surface area contributed by atoms with Crippen LogP contribution < -0.4 is 5.32 Å². The molecule has 8 nitrogen and oxygen atoms in total. The average molecular weight is 385 g/mol. The SMILES string of the molecule is CCc1nnc(Nc2cc(C3CCCN3Cc3cnn(C)c3)nc(C)n2)s1. The van der Waals surface area contributed by atoms with E-state index in [1.165, 1.54) is 12.0 Å². The molecule has 3 aromatic heterocycles. The molecule has 4 rings (SSSR count). The third-order valence-electron chi connectivity index (χ3n) is 4.71. The molecule has 1 saturated heterocycles. The number of hydrogen-bond acceptors (Lipinski definition) is 8. The molecule has 0 radical (unpaired) electrons. The molecule has 1 N–H and O–H groups in total. The molecule has 0 bridgehead atoms. The minimum atomic E-state index is 0.299. The predicted octanol–water partition coefficient (Wildman–Crippen LogP) is 3.01. The lowest BCUT2D eigenvalue weighted by Gasteiger charge is -2.24. The summed E-state index contributed by atoms with van der Waals surface area (Å²) in [5, 5.41) is 17.7. The fourth-order valence-corrected chi connectivity index (χ4v) is 4.21. The van der Waals surface area contributed by atoms with E-state index in [-0.39, 0.29) is 0 Å². The largest absolute Gasteiger partial charge is 0.315 e. The molecule has 4 heterocycles. The molecule has 27 heavy (non-hydrogen) atoms. The zero-order valence-electron chi connectivity index (χ0n) is 15.9. The van der Waals surface area contributed by atoms with Gasteiger partial charge in [-0.3, -0.25) is 9.58 Å². The lowest BCUT2D eigenvalue weighted by atomic mass is 10.1. The fraction of sp³-hybridized carbons (Fsp3) is 0.500. The van der Waals surface area contributed by atoms with Crippen molar-refractivity contribution < 1.29 is 0 Å². The highest BCUT2D eigenvalue weighted by Crippen LogP contribution is 2.33. The molecule has 0 spiro atoms. The van der Waals surface area contributed by atoms with Crippen LogP contribution in [-0.2, 0) is 20.0 Å². The van der Waals surface area contributed by atoms with Gasteiger partial charge in [-0.2, -0.15) is 5.10 Å². The molecule has 1 aliphatic heterocycles. The number of nitrogens with one attached hydrogen (secondary N) is 1. The van der Waals surface area contributed by atoms with E-state index in [0.717, 1.165) is 53.4 Å². The molecule has 0 aliphatic carbocycles. The van der Waals surface area contributed by atoms with E-state index in [0.29, 0.717) is 6.04 Å². The van der Waals surface area contributed by atoms with Crippen molar-refractivity contribution in [1.29, 1.82) is 0 Å². The van der Waals surface area contributed by atoms with Gasteiger partial charge in [0.25, 0.3) is 0 Å². The summed E-state index contributed by atoms with van der Waals surface area (Å²) in [6.07, 6.45) is 7.18. The second-order valence-corrected chi connectivity index (χ2v) is 7.92. The van der Waals surface area contributed by atoms with Crippen molar-refractivity contribution in [2.45, 2.75) is 45.7 Å². The van der Waals surface area contributed by atoms with Gasteiger partial charge in [-0.1, -0.05) is 18.3 Å². The summed E-state index contributed by atoms with van der Waals surface area (Å²) in [4.78, 5) is 11.7. The van der Waals surface area contributed by atoms with E-state index in [2.05, 4.69) is 43.6 Å². The number of rotatable bonds is 6. The van der Waals surface area contributed by atoms with Gasteiger partial charge in [0.05, 0.1) is 17.9 Å². The van der Waals surface area contributed by atoms with Crippen LogP contribution in [0.2, 0.25) is 0 Å². The maximum atomic E-state index is 4.73. The molecular formula is C18H24N8S. The van der Waals surface area contributed by atoms with Crippen molar-refractivity contribution in [2.24, 2.45) is 7.05 Å². The first-order valence-corrected chi connectivity index (χ1v) is 10.1. The van der Waals surface area contributed by atoms with Crippen molar-refractivity contribution in [2.75, 3.05) is 11.9 Å². The maximum Gasteiger partial charge on any atom is 0.211 e. The molecule has 1 aliphatic rings. The number of likely N-dealkylation sites (tertiary alicyclic amines) is 1. The molecule has 1 fully saturated rings. The van der Waals surface area contributed by atoms with Crippen molar-refractivity contribution in [3.05, 3.63) is 40.5 Å². The highest BCUT2D eigenvalue weighted by molar-refractivity contribution is 7.15. The maximum absolute atomic E-state index is 4.73. The lowest BCUT2D eigenvalue weighted by molar-refractivity contribution is 0.244. The van der Waals surface area contributed by atoms with Gasteiger partial charge in [-0.05, 0) is 32.7 Å². The zero-order valence-corrected chi connectivity index (χ0v) is 16.7. The monoisotopic (exact) mass is 384 g/mol. The first-order chi connectivity index (χ1) is 13.1. The quantitative estimate of drug-likeness (QED) is 0.699. The van der Waals surface area contributed by atoms with Crippen molar-refractivity contribution >= 4 is 22.3 Å². The summed E-state index contributed by atoms with van der Waals surface area (Å²) in [5.41, 5.74) is 2.29. The Bertz CT molecular complexity index is 918. The van der Waals surface area contributed by atoms with Crippen LogP contribution in [0.15, 0.2) is 18.5 Å². The topological polar surface area (TPSA) is 84.7 Å². The summed E-state index contributed by atoms with van der Waals surface area (Å²) in [6.45, 7) is 5.98. The minimum Gasteiger partial charge on any atom is -0.315 e. The Hall–Kier alpha value is -2.39. The fourth-order valence-electron chi connectivity index (χ4n) is 3.52. The van der Waals surface area contributed by atoms with Crippen molar-refractivity contribution in [3.63, 3.8) is 0 Å². The summed E-state index contributed by atoms with van der Waals surface area (Å²) in [7, 11) is 1.95. The zero-order chi connectivity index (χ0) is 18.8. The van der Waals surface area contributed by atoms with Gasteiger partial charge in [-0.25, -0.2) is 9.97 Å². The van der Waals surface area contributed by atoms with Gasteiger partial charge >= 0.3 is 0 Å². The van der Waals surface area contributed by atoms with Gasteiger partial charge in [-0.15, -0.1) is 10.2 Å². The summed E-state index contributed by atoms with van der Waals surface area (Å²) < 4.78 is 1.85. The Morgan fingerprint density at radius 2 is 2.19 bits per heavy atom. The molecular weight excluding hydrogens is 360 g/mol. The predicted molar refractivity (Wildman–Crippen MR) is 105 cm³/mol. The Kier molecular flexibility index (Phi) is 5.13. The second kappa shape index (κ2) is 7.69. The standard InChI is InChI=1S/C18H24N8S/c1-4-17-23-24-18(27-17)22-16-8-14(20-12(2)21-16)15-6-5-7-26(15)11-13-9-19-25(3)10-13/h8-10,15H,4-7,11H2,1-3H3,(H,20,21,22,24). The van der Waals surface area contributed by atoms with Crippen LogP contribution >= 0.6 is 11.3 Å². The first-order valence-electron chi connectivity index (χ1n) is 9.27. The van der Waals surface area contributed by atoms with E-state index >= 15 is 0 Å².